The molecule has 0 spiro atoms. The van der Waals surface area contributed by atoms with E-state index in [-0.39, 0.29) is 17.7 Å². The van der Waals surface area contributed by atoms with Crippen LogP contribution in [0.3, 0.4) is 0 Å². The van der Waals surface area contributed by atoms with Crippen LogP contribution in [0.1, 0.15) is 45.4 Å². The van der Waals surface area contributed by atoms with Crippen LogP contribution in [0.4, 0.5) is 4.79 Å². The number of amides is 3. The van der Waals surface area contributed by atoms with Crippen molar-refractivity contribution in [1.29, 1.82) is 0 Å². The molecule has 4 N–H and O–H groups in total. The molecule has 1 rings (SSSR count). The molecule has 7 nitrogen and oxygen atoms in total. The Bertz CT molecular complexity index is 392. The van der Waals surface area contributed by atoms with Gasteiger partial charge in [0.2, 0.25) is 5.91 Å². The third-order valence-corrected chi connectivity index (χ3v) is 4.05. The second kappa shape index (κ2) is 7.85. The van der Waals surface area contributed by atoms with Crippen LogP contribution in [-0.2, 0) is 9.59 Å². The standard InChI is InChI=1S/C14H25N3O4/c1-10(12(20)15-2)17-13(21)16-9-14(8-11(18)19)6-4-3-5-7-14/h10H,3-9H2,1-2H3,(H,15,20)(H,18,19)(H2,16,17,21). The number of urea groups is 1. The van der Waals surface area contributed by atoms with E-state index in [1.165, 1.54) is 7.05 Å². The molecule has 1 aliphatic rings. The number of carboxylic acid groups (broad SMARTS) is 1. The van der Waals surface area contributed by atoms with Crippen molar-refractivity contribution >= 4 is 17.9 Å². The molecule has 0 heterocycles. The second-order valence-electron chi connectivity index (χ2n) is 5.79. The zero-order chi connectivity index (χ0) is 15.9. The summed E-state index contributed by atoms with van der Waals surface area (Å²) >= 11 is 0. The number of carbonyl (C=O) groups excluding carboxylic acids is 2. The van der Waals surface area contributed by atoms with Crippen LogP contribution < -0.4 is 16.0 Å². The lowest BCUT2D eigenvalue weighted by Crippen LogP contribution is -2.50. The van der Waals surface area contributed by atoms with Crippen molar-refractivity contribution in [3.05, 3.63) is 0 Å². The van der Waals surface area contributed by atoms with Crippen molar-refractivity contribution in [3.8, 4) is 0 Å². The molecule has 0 aromatic carbocycles. The maximum Gasteiger partial charge on any atom is 0.315 e. The molecule has 0 aromatic rings. The highest BCUT2D eigenvalue weighted by molar-refractivity contribution is 5.86. The number of hydrogen-bond acceptors (Lipinski definition) is 3. The van der Waals surface area contributed by atoms with Gasteiger partial charge in [0.05, 0.1) is 6.42 Å². The quantitative estimate of drug-likeness (QED) is 0.583. The third kappa shape index (κ3) is 5.61. The predicted octanol–water partition coefficient (Wildman–Crippen LogP) is 0.845. The van der Waals surface area contributed by atoms with E-state index in [1.54, 1.807) is 6.92 Å². The van der Waals surface area contributed by atoms with Crippen molar-refractivity contribution < 1.29 is 19.5 Å². The molecule has 1 aliphatic carbocycles. The lowest BCUT2D eigenvalue weighted by molar-refractivity contribution is -0.140. The number of aliphatic carboxylic acids is 1. The van der Waals surface area contributed by atoms with Gasteiger partial charge in [-0.3, -0.25) is 9.59 Å². The average molecular weight is 299 g/mol. The summed E-state index contributed by atoms with van der Waals surface area (Å²) in [5.41, 5.74) is -0.363. The highest BCUT2D eigenvalue weighted by Gasteiger charge is 2.34. The van der Waals surface area contributed by atoms with E-state index in [1.807, 2.05) is 0 Å². The maximum absolute atomic E-state index is 11.8. The Morgan fingerprint density at radius 1 is 1.19 bits per heavy atom. The van der Waals surface area contributed by atoms with E-state index in [2.05, 4.69) is 16.0 Å². The number of carbonyl (C=O) groups is 3. The summed E-state index contributed by atoms with van der Waals surface area (Å²) in [7, 11) is 1.50. The molecule has 1 unspecified atom stereocenters. The monoisotopic (exact) mass is 299 g/mol. The number of carboxylic acids is 1. The fraction of sp³-hybridized carbons (Fsp3) is 0.786. The number of rotatable bonds is 6. The lowest BCUT2D eigenvalue weighted by atomic mass is 9.72. The summed E-state index contributed by atoms with van der Waals surface area (Å²) in [6, 6.07) is -1.07. The smallest absolute Gasteiger partial charge is 0.315 e. The van der Waals surface area contributed by atoms with Gasteiger partial charge in [0.25, 0.3) is 0 Å². The van der Waals surface area contributed by atoms with E-state index in [0.717, 1.165) is 32.1 Å². The minimum absolute atomic E-state index is 0.0677. The Kier molecular flexibility index (Phi) is 6.45. The summed E-state index contributed by atoms with van der Waals surface area (Å²) in [6.45, 7) is 1.91. The zero-order valence-corrected chi connectivity index (χ0v) is 12.7. The van der Waals surface area contributed by atoms with Gasteiger partial charge in [-0.15, -0.1) is 0 Å². The van der Waals surface area contributed by atoms with Crippen LogP contribution in [0.15, 0.2) is 0 Å². The van der Waals surface area contributed by atoms with Crippen molar-refractivity contribution in [3.63, 3.8) is 0 Å². The van der Waals surface area contributed by atoms with Crippen LogP contribution in [-0.4, -0.2) is 42.6 Å². The molecule has 1 atom stereocenters. The van der Waals surface area contributed by atoms with Crippen LogP contribution in [0.5, 0.6) is 0 Å². The predicted molar refractivity (Wildman–Crippen MR) is 77.8 cm³/mol. The third-order valence-electron chi connectivity index (χ3n) is 4.05. The van der Waals surface area contributed by atoms with Crippen molar-refractivity contribution in [2.45, 2.75) is 51.5 Å². The molecule has 0 bridgehead atoms. The van der Waals surface area contributed by atoms with Crippen molar-refractivity contribution in [2.75, 3.05) is 13.6 Å². The summed E-state index contributed by atoms with van der Waals surface area (Å²) < 4.78 is 0. The normalized spacial score (nSPS) is 18.4. The first-order valence-corrected chi connectivity index (χ1v) is 7.36. The lowest BCUT2D eigenvalue weighted by Gasteiger charge is -2.36. The van der Waals surface area contributed by atoms with Gasteiger partial charge in [0.1, 0.15) is 6.04 Å². The minimum Gasteiger partial charge on any atom is -0.481 e. The first-order valence-electron chi connectivity index (χ1n) is 7.36. The Morgan fingerprint density at radius 2 is 1.81 bits per heavy atom. The fourth-order valence-electron chi connectivity index (χ4n) is 2.84. The van der Waals surface area contributed by atoms with E-state index < -0.39 is 18.0 Å². The minimum atomic E-state index is -0.835. The largest absolute Gasteiger partial charge is 0.481 e. The maximum atomic E-state index is 11.8. The van der Waals surface area contributed by atoms with Gasteiger partial charge in [-0.1, -0.05) is 19.3 Å². The second-order valence-corrected chi connectivity index (χ2v) is 5.79. The first-order chi connectivity index (χ1) is 9.88. The highest BCUT2D eigenvalue weighted by Crippen LogP contribution is 2.38. The molecule has 3 amide bonds. The molecule has 1 fully saturated rings. The van der Waals surface area contributed by atoms with Gasteiger partial charge in [-0.05, 0) is 25.2 Å². The zero-order valence-electron chi connectivity index (χ0n) is 12.7. The average Bonchev–Trinajstić information content (AvgIpc) is 2.44. The van der Waals surface area contributed by atoms with Gasteiger partial charge in [0.15, 0.2) is 0 Å². The molecular weight excluding hydrogens is 274 g/mol. The van der Waals surface area contributed by atoms with Gasteiger partial charge in [-0.25, -0.2) is 4.79 Å². The number of likely N-dealkylation sites (N-methyl/N-ethyl adjacent to an activating group) is 1. The molecule has 0 aliphatic heterocycles. The molecular formula is C14H25N3O4. The Morgan fingerprint density at radius 3 is 2.33 bits per heavy atom. The van der Waals surface area contributed by atoms with Crippen LogP contribution in [0.25, 0.3) is 0 Å². The van der Waals surface area contributed by atoms with Crippen LogP contribution in [0.2, 0.25) is 0 Å². The highest BCUT2D eigenvalue weighted by atomic mass is 16.4. The van der Waals surface area contributed by atoms with Gasteiger partial charge >= 0.3 is 12.0 Å². The molecule has 120 valence electrons. The summed E-state index contributed by atoms with van der Waals surface area (Å²) in [4.78, 5) is 34.2. The molecule has 7 heteroatoms. The van der Waals surface area contributed by atoms with E-state index in [0.29, 0.717) is 6.54 Å². The number of nitrogens with one attached hydrogen (secondary N) is 3. The molecule has 1 saturated carbocycles. The molecule has 0 radical (unpaired) electrons. The van der Waals surface area contributed by atoms with Crippen LogP contribution >= 0.6 is 0 Å². The fourth-order valence-corrected chi connectivity index (χ4v) is 2.84. The van der Waals surface area contributed by atoms with Crippen molar-refractivity contribution in [2.24, 2.45) is 5.41 Å². The molecule has 21 heavy (non-hydrogen) atoms. The number of hydrogen-bond donors (Lipinski definition) is 4. The van der Waals surface area contributed by atoms with E-state index >= 15 is 0 Å². The van der Waals surface area contributed by atoms with E-state index in [4.69, 9.17) is 5.11 Å². The topological polar surface area (TPSA) is 108 Å². The Hall–Kier alpha value is -1.79. The Labute approximate surface area is 124 Å². The first kappa shape index (κ1) is 17.3. The van der Waals surface area contributed by atoms with Crippen molar-refractivity contribution in [1.82, 2.24) is 16.0 Å². The van der Waals surface area contributed by atoms with Gasteiger partial charge in [-0.2, -0.15) is 0 Å². The summed E-state index contributed by atoms with van der Waals surface area (Å²) in [6.07, 6.45) is 4.78. The molecule has 0 saturated heterocycles. The van der Waals surface area contributed by atoms with Crippen LogP contribution in [0, 0.1) is 5.41 Å². The Balaban J connectivity index is 2.50. The van der Waals surface area contributed by atoms with Gasteiger partial charge < -0.3 is 21.1 Å². The SMILES string of the molecule is CNC(=O)C(C)NC(=O)NCC1(CC(=O)O)CCCCC1. The molecule has 0 aromatic heterocycles. The van der Waals surface area contributed by atoms with E-state index in [9.17, 15) is 14.4 Å². The van der Waals surface area contributed by atoms with Gasteiger partial charge in [0, 0.05) is 13.6 Å². The summed E-state index contributed by atoms with van der Waals surface area (Å²) in [5, 5.41) is 16.8. The summed E-state index contributed by atoms with van der Waals surface area (Å²) in [5.74, 6) is -1.11.